The molecule has 0 atom stereocenters. The van der Waals surface area contributed by atoms with Crippen LogP contribution in [0, 0.1) is 0 Å². The summed E-state index contributed by atoms with van der Waals surface area (Å²) in [5, 5.41) is 0. The average molecular weight is 897 g/mol. The number of hydrogen-bond acceptors (Lipinski definition) is 20. The molecule has 0 saturated carbocycles. The fourth-order valence-corrected chi connectivity index (χ4v) is 28.7. The van der Waals surface area contributed by atoms with E-state index in [0.717, 1.165) is 0 Å². The molecule has 0 unspecified atom stereocenters. The van der Waals surface area contributed by atoms with Gasteiger partial charge in [-0.15, -0.1) is 0 Å². The summed E-state index contributed by atoms with van der Waals surface area (Å²) < 4.78 is 120. The molecule has 1 saturated heterocycles. The second-order valence-corrected chi connectivity index (χ2v) is 35.1. The van der Waals surface area contributed by atoms with Gasteiger partial charge in [-0.3, -0.25) is 0 Å². The smallest absolute Gasteiger partial charge is 0.377 e. The first-order valence-electron chi connectivity index (χ1n) is 16.4. The molecule has 0 amide bonds. The molecule has 1 heterocycles. The van der Waals surface area contributed by atoms with E-state index in [0.29, 0.717) is 24.2 Å². The van der Waals surface area contributed by atoms with Gasteiger partial charge in [-0.1, -0.05) is 0 Å². The van der Waals surface area contributed by atoms with Gasteiger partial charge in [0.25, 0.3) is 0 Å². The van der Waals surface area contributed by atoms with E-state index in [4.69, 9.17) is 87.3 Å². The second-order valence-electron chi connectivity index (χ2n) is 11.4. The Hall–Kier alpha value is 0.935. The molecule has 1 fully saturated rings. The van der Waals surface area contributed by atoms with Gasteiger partial charge in [0.1, 0.15) is 0 Å². The van der Waals surface area contributed by atoms with E-state index in [9.17, 15) is 0 Å². The molecule has 0 aromatic heterocycles. The fraction of sp³-hybridized carbons (Fsp3) is 1.00. The van der Waals surface area contributed by atoms with Crippen molar-refractivity contribution in [1.29, 1.82) is 0 Å². The highest BCUT2D eigenvalue weighted by molar-refractivity contribution is 6.88. The highest BCUT2D eigenvalue weighted by atomic mass is 28.6. The van der Waals surface area contributed by atoms with Crippen LogP contribution in [-0.2, 0) is 87.3 Å². The Morgan fingerprint density at radius 2 is 0.423 bits per heavy atom. The minimum Gasteiger partial charge on any atom is -0.377 e. The van der Waals surface area contributed by atoms with E-state index in [2.05, 4.69) is 0 Å². The Bertz CT molecular complexity index is 801. The molecule has 0 spiro atoms. The third kappa shape index (κ3) is 14.7. The van der Waals surface area contributed by atoms with Gasteiger partial charge >= 0.3 is 70.4 Å². The summed E-state index contributed by atoms with van der Waals surface area (Å²) in [7, 11) is -8.99. The molecule has 20 nitrogen and oxygen atoms in total. The Labute approximate surface area is 318 Å². The van der Waals surface area contributed by atoms with Gasteiger partial charge in [0, 0.05) is 162 Å². The van der Waals surface area contributed by atoms with Crippen molar-refractivity contribution < 1.29 is 87.3 Å². The van der Waals surface area contributed by atoms with Gasteiger partial charge in [-0.25, -0.2) is 0 Å². The summed E-state index contributed by atoms with van der Waals surface area (Å²) >= 11 is 0. The van der Waals surface area contributed by atoms with Crippen molar-refractivity contribution in [3.8, 4) is 0 Å². The van der Waals surface area contributed by atoms with Crippen molar-refractivity contribution >= 4 is 70.4 Å². The maximum atomic E-state index is 6.78. The van der Waals surface area contributed by atoms with Crippen LogP contribution in [0.3, 0.4) is 0 Å². The van der Waals surface area contributed by atoms with Gasteiger partial charge in [-0.2, -0.15) is 0 Å². The number of hydrogen-bond donors (Lipinski definition) is 0. The van der Waals surface area contributed by atoms with Crippen LogP contribution in [0.4, 0.5) is 0 Å². The summed E-state index contributed by atoms with van der Waals surface area (Å²) in [5.41, 5.74) is 0. The van der Waals surface area contributed by atoms with Gasteiger partial charge in [0.05, 0.1) is 0 Å². The Morgan fingerprint density at radius 3 is 0.538 bits per heavy atom. The Balaban J connectivity index is 3.64. The van der Waals surface area contributed by atoms with E-state index < -0.39 is 70.4 Å². The zero-order valence-electron chi connectivity index (χ0n) is 33.8. The van der Waals surface area contributed by atoms with E-state index in [1.807, 2.05) is 0 Å². The summed E-state index contributed by atoms with van der Waals surface area (Å²) in [5.74, 6) is 0. The summed E-state index contributed by atoms with van der Waals surface area (Å²) in [6.45, 7) is 7.22. The van der Waals surface area contributed by atoms with Crippen molar-refractivity contribution in [1.82, 2.24) is 0 Å². The first kappa shape index (κ1) is 51.0. The average Bonchev–Trinajstić information content (AvgIpc) is 3.12. The van der Waals surface area contributed by atoms with Crippen LogP contribution in [0.5, 0.6) is 0 Å². The molecule has 52 heavy (non-hydrogen) atoms. The molecule has 0 aliphatic carbocycles. The van der Waals surface area contributed by atoms with Crippen LogP contribution in [0.1, 0.15) is 0 Å². The normalized spacial score (nSPS) is 26.8. The van der Waals surface area contributed by atoms with Crippen LogP contribution in [-0.4, -0.2) is 182 Å². The zero-order valence-corrected chi connectivity index (χ0v) is 41.8. The molecule has 1 rings (SSSR count). The standard InChI is InChI=1S/C24H64O20Si8/c1-25-49(26-2,27-3)21-17-37-45(13)41-46(14,38-18-22-50(28-4,29-5)30-6)43-48(16,40-20-24-52(34-10,35-11)36-12)44-47(15,42-45)39-19-23-51(31-7,32-8)33-9/h17-24H2,1-16H3. The number of rotatable bonds is 28. The van der Waals surface area contributed by atoms with E-state index >= 15 is 0 Å². The first-order chi connectivity index (χ1) is 24.4. The lowest BCUT2D eigenvalue weighted by molar-refractivity contribution is 0.0226. The van der Waals surface area contributed by atoms with Crippen molar-refractivity contribution in [3.63, 3.8) is 0 Å². The summed E-state index contributed by atoms with van der Waals surface area (Å²) in [4.78, 5) is 0. The van der Waals surface area contributed by atoms with Crippen LogP contribution in [0.25, 0.3) is 0 Å². The molecule has 0 bridgehead atoms. The molecule has 0 aromatic rings. The molecule has 28 heteroatoms. The van der Waals surface area contributed by atoms with Crippen LogP contribution < -0.4 is 0 Å². The monoisotopic (exact) mass is 896 g/mol. The van der Waals surface area contributed by atoms with Gasteiger partial charge in [0.2, 0.25) is 0 Å². The third-order valence-electron chi connectivity index (χ3n) is 8.31. The van der Waals surface area contributed by atoms with Crippen molar-refractivity contribution in [2.45, 2.75) is 50.4 Å². The molecular formula is C24H64O20Si8. The predicted molar refractivity (Wildman–Crippen MR) is 201 cm³/mol. The van der Waals surface area contributed by atoms with E-state index in [1.54, 1.807) is 26.2 Å². The third-order valence-corrected chi connectivity index (χ3v) is 33.8. The first-order valence-corrected chi connectivity index (χ1v) is 33.0. The highest BCUT2D eigenvalue weighted by Gasteiger charge is 2.63. The lowest BCUT2D eigenvalue weighted by Gasteiger charge is -2.47. The predicted octanol–water partition coefficient (Wildman–Crippen LogP) is 1.92. The summed E-state index contributed by atoms with van der Waals surface area (Å²) in [6, 6.07) is 1.16. The fourth-order valence-electron chi connectivity index (χ4n) is 5.34. The molecule has 1 aliphatic heterocycles. The quantitative estimate of drug-likeness (QED) is 0.104. The Morgan fingerprint density at radius 1 is 0.288 bits per heavy atom. The van der Waals surface area contributed by atoms with Gasteiger partial charge in [-0.05, 0) is 0 Å². The van der Waals surface area contributed by atoms with Gasteiger partial charge < -0.3 is 87.3 Å². The topological polar surface area (TPSA) is 185 Å². The minimum atomic E-state index is -3.78. The second kappa shape index (κ2) is 22.8. The zero-order chi connectivity index (χ0) is 39.8. The van der Waals surface area contributed by atoms with Crippen LogP contribution in [0.2, 0.25) is 50.4 Å². The minimum absolute atomic E-state index is 0.0858. The van der Waals surface area contributed by atoms with Crippen molar-refractivity contribution in [3.05, 3.63) is 0 Å². The van der Waals surface area contributed by atoms with E-state index in [1.165, 1.54) is 85.3 Å². The van der Waals surface area contributed by atoms with Crippen LogP contribution in [0.15, 0.2) is 0 Å². The molecule has 0 N–H and O–H groups in total. The molecule has 0 aromatic carbocycles. The van der Waals surface area contributed by atoms with Gasteiger partial charge in [0.15, 0.2) is 0 Å². The molecule has 312 valence electrons. The largest absolute Gasteiger partial charge is 0.502 e. The van der Waals surface area contributed by atoms with Crippen LogP contribution >= 0.6 is 0 Å². The molecular weight excluding hydrogens is 833 g/mol. The maximum absolute atomic E-state index is 6.78. The Kier molecular flexibility index (Phi) is 22.3. The summed E-state index contributed by atoms with van der Waals surface area (Å²) in [6.07, 6.45) is 0. The lowest BCUT2D eigenvalue weighted by Crippen LogP contribution is -2.71. The van der Waals surface area contributed by atoms with E-state index in [-0.39, 0.29) is 26.4 Å². The molecule has 0 radical (unpaired) electrons. The van der Waals surface area contributed by atoms with Crippen molar-refractivity contribution in [2.75, 3.05) is 112 Å². The highest BCUT2D eigenvalue weighted by Crippen LogP contribution is 2.35. The molecule has 1 aliphatic rings. The SMILES string of the molecule is CO[Si](CCO[Si]1(C)O[Si](C)(OCC[Si](OC)(OC)OC)O[Si](C)(OCC[Si](OC)(OC)OC)O[Si](C)(OCC[Si](OC)(OC)OC)O1)(OC)OC. The van der Waals surface area contributed by atoms with Crippen molar-refractivity contribution in [2.24, 2.45) is 0 Å². The lowest BCUT2D eigenvalue weighted by atomic mass is 10.9. The maximum Gasteiger partial charge on any atom is 0.502 e.